The zero-order valence-electron chi connectivity index (χ0n) is 20.3. The standard InChI is InChI=1S/C26H31O7PS2/c1-35(27,28)31-20-22-18-19-23(32-22)21-34(33-36(2,29)30,24-12-6-3-7-13-24,25-14-8-4-9-15-25)26-16-10-5-11-17-26/h3-17,22-23H,18-21H2,1-2H3/t22-,23-/m0/s1. The van der Waals surface area contributed by atoms with E-state index in [2.05, 4.69) is 0 Å². The Bertz CT molecular complexity index is 1280. The molecule has 3 aromatic carbocycles. The van der Waals surface area contributed by atoms with Crippen LogP contribution >= 0.6 is 6.83 Å². The van der Waals surface area contributed by atoms with E-state index in [0.29, 0.717) is 12.8 Å². The molecule has 1 aliphatic rings. The molecule has 1 saturated heterocycles. The molecule has 0 unspecified atom stereocenters. The van der Waals surface area contributed by atoms with E-state index in [1.165, 1.54) is 0 Å². The van der Waals surface area contributed by atoms with Gasteiger partial charge >= 0.3 is 214 Å². The van der Waals surface area contributed by atoms with Crippen LogP contribution in [0.4, 0.5) is 0 Å². The number of benzene rings is 3. The van der Waals surface area contributed by atoms with E-state index < -0.39 is 39.3 Å². The van der Waals surface area contributed by atoms with Crippen molar-refractivity contribution in [1.82, 2.24) is 0 Å². The second kappa shape index (κ2) is 10.3. The van der Waals surface area contributed by atoms with Crippen molar-refractivity contribution in [2.24, 2.45) is 0 Å². The molecule has 7 nitrogen and oxygen atoms in total. The first-order valence-corrected chi connectivity index (χ1v) is 17.6. The topological polar surface area (TPSA) is 96.0 Å². The molecule has 0 aliphatic carbocycles. The quantitative estimate of drug-likeness (QED) is 0.283. The van der Waals surface area contributed by atoms with E-state index in [4.69, 9.17) is 12.9 Å². The van der Waals surface area contributed by atoms with E-state index in [0.717, 1.165) is 28.4 Å². The zero-order valence-corrected chi connectivity index (χ0v) is 22.8. The van der Waals surface area contributed by atoms with Crippen molar-refractivity contribution in [2.75, 3.05) is 25.3 Å². The molecule has 1 aliphatic heterocycles. The summed E-state index contributed by atoms with van der Waals surface area (Å²) in [5, 5.41) is 2.31. The number of ether oxygens (including phenoxy) is 1. The Labute approximate surface area is 213 Å². The van der Waals surface area contributed by atoms with Crippen LogP contribution in [-0.4, -0.2) is 54.3 Å². The van der Waals surface area contributed by atoms with Gasteiger partial charge in [-0.2, -0.15) is 0 Å². The molecular weight excluding hydrogens is 519 g/mol. The Hall–Kier alpha value is -2.13. The van der Waals surface area contributed by atoms with E-state index in [9.17, 15) is 16.8 Å². The molecule has 36 heavy (non-hydrogen) atoms. The molecule has 4 rings (SSSR count). The molecule has 0 N–H and O–H groups in total. The minimum absolute atomic E-state index is 0.0831. The second-order valence-corrected chi connectivity index (χ2v) is 17.1. The molecule has 10 heteroatoms. The maximum absolute atomic E-state index is 13.1. The monoisotopic (exact) mass is 550 g/mol. The van der Waals surface area contributed by atoms with Crippen LogP contribution in [0, 0.1) is 0 Å². The number of rotatable bonds is 10. The SMILES string of the molecule is CS(=O)(=O)OC[C@@H]1CC[C@@H](CP(OS(C)(=O)=O)(c2ccccc2)(c2ccccc2)c2ccccc2)O1. The van der Waals surface area contributed by atoms with Crippen LogP contribution in [0.25, 0.3) is 0 Å². The predicted octanol–water partition coefficient (Wildman–Crippen LogP) is 2.93. The van der Waals surface area contributed by atoms with Gasteiger partial charge in [0, 0.05) is 0 Å². The first-order valence-electron chi connectivity index (χ1n) is 11.6. The fourth-order valence-electron chi connectivity index (χ4n) is 5.08. The summed E-state index contributed by atoms with van der Waals surface area (Å²) in [6.07, 6.45) is 2.74. The van der Waals surface area contributed by atoms with Crippen LogP contribution in [0.2, 0.25) is 0 Å². The van der Waals surface area contributed by atoms with Gasteiger partial charge in [-0.25, -0.2) is 0 Å². The Morgan fingerprint density at radius 1 is 0.694 bits per heavy atom. The van der Waals surface area contributed by atoms with Gasteiger partial charge in [0.25, 0.3) is 0 Å². The van der Waals surface area contributed by atoms with E-state index in [-0.39, 0.29) is 12.8 Å². The molecule has 194 valence electrons. The van der Waals surface area contributed by atoms with Crippen LogP contribution in [0.5, 0.6) is 0 Å². The third-order valence-corrected chi connectivity index (χ3v) is 14.7. The Kier molecular flexibility index (Phi) is 7.72. The van der Waals surface area contributed by atoms with E-state index in [1.807, 2.05) is 91.0 Å². The van der Waals surface area contributed by atoms with Gasteiger partial charge in [-0.3, -0.25) is 0 Å². The third kappa shape index (κ3) is 5.57. The van der Waals surface area contributed by atoms with Crippen LogP contribution in [-0.2, 0) is 33.1 Å². The van der Waals surface area contributed by atoms with Gasteiger partial charge in [-0.15, -0.1) is 0 Å². The Balaban J connectivity index is 1.94. The molecule has 0 saturated carbocycles. The van der Waals surface area contributed by atoms with Gasteiger partial charge in [-0.05, 0) is 0 Å². The fraction of sp³-hybridized carbons (Fsp3) is 0.308. The second-order valence-electron chi connectivity index (χ2n) is 9.13. The molecular formula is C26H31O7PS2. The van der Waals surface area contributed by atoms with Crippen molar-refractivity contribution in [3.8, 4) is 0 Å². The first kappa shape index (κ1) is 26.9. The molecule has 2 atom stereocenters. The summed E-state index contributed by atoms with van der Waals surface area (Å²) in [6, 6.07) is 28.5. The van der Waals surface area contributed by atoms with Gasteiger partial charge in [0.05, 0.1) is 0 Å². The van der Waals surface area contributed by atoms with Crippen molar-refractivity contribution in [3.63, 3.8) is 0 Å². The number of hydrogen-bond donors (Lipinski definition) is 0. The zero-order chi connectivity index (χ0) is 25.9. The van der Waals surface area contributed by atoms with Gasteiger partial charge in [-0.1, -0.05) is 0 Å². The average molecular weight is 551 g/mol. The van der Waals surface area contributed by atoms with E-state index >= 15 is 0 Å². The summed E-state index contributed by atoms with van der Waals surface area (Å²) in [7, 11) is -7.58. The summed E-state index contributed by atoms with van der Waals surface area (Å²) in [4.78, 5) is 0. The molecule has 0 amide bonds. The van der Waals surface area contributed by atoms with Crippen molar-refractivity contribution < 1.29 is 29.7 Å². The summed E-state index contributed by atoms with van der Waals surface area (Å²) in [6.45, 7) is -4.25. The number of hydrogen-bond acceptors (Lipinski definition) is 7. The predicted molar refractivity (Wildman–Crippen MR) is 145 cm³/mol. The normalized spacial score (nSPS) is 20.0. The van der Waals surface area contributed by atoms with Crippen LogP contribution < -0.4 is 15.9 Å². The molecule has 0 bridgehead atoms. The van der Waals surface area contributed by atoms with Gasteiger partial charge in [0.2, 0.25) is 0 Å². The van der Waals surface area contributed by atoms with Gasteiger partial charge < -0.3 is 0 Å². The van der Waals surface area contributed by atoms with Crippen molar-refractivity contribution in [2.45, 2.75) is 25.0 Å². The summed E-state index contributed by atoms with van der Waals surface area (Å²) < 4.78 is 67.0. The van der Waals surface area contributed by atoms with Crippen LogP contribution in [0.3, 0.4) is 0 Å². The third-order valence-electron chi connectivity index (χ3n) is 6.42. The molecule has 0 aromatic heterocycles. The molecule has 1 fully saturated rings. The summed E-state index contributed by atoms with van der Waals surface area (Å²) in [5.74, 6) is 0. The fourth-order valence-corrected chi connectivity index (χ4v) is 14.1. The molecule has 1 heterocycles. The summed E-state index contributed by atoms with van der Waals surface area (Å²) >= 11 is 0. The molecule has 0 spiro atoms. The van der Waals surface area contributed by atoms with E-state index in [1.54, 1.807) is 0 Å². The Morgan fingerprint density at radius 2 is 1.11 bits per heavy atom. The van der Waals surface area contributed by atoms with Crippen molar-refractivity contribution in [1.29, 1.82) is 0 Å². The Morgan fingerprint density at radius 3 is 1.50 bits per heavy atom. The van der Waals surface area contributed by atoms with Crippen molar-refractivity contribution >= 4 is 43.0 Å². The van der Waals surface area contributed by atoms with Gasteiger partial charge in [0.15, 0.2) is 0 Å². The average Bonchev–Trinajstić information content (AvgIpc) is 3.30. The maximum atomic E-state index is 13.1. The van der Waals surface area contributed by atoms with Gasteiger partial charge in [0.1, 0.15) is 0 Å². The molecule has 0 radical (unpaired) electrons. The summed E-state index contributed by atoms with van der Waals surface area (Å²) in [5.41, 5.74) is 0. The van der Waals surface area contributed by atoms with Crippen LogP contribution in [0.15, 0.2) is 91.0 Å². The van der Waals surface area contributed by atoms with Crippen LogP contribution in [0.1, 0.15) is 12.8 Å². The first-order chi connectivity index (χ1) is 17.0. The molecule has 3 aromatic rings. The minimum atomic E-state index is -4.16. The van der Waals surface area contributed by atoms with Crippen molar-refractivity contribution in [3.05, 3.63) is 91.0 Å².